The molecular weight excluding hydrogens is 404 g/mol. The molecule has 3 aromatic rings. The number of benzene rings is 2. The molecule has 1 unspecified atom stereocenters. The Bertz CT molecular complexity index is 1010. The van der Waals surface area contributed by atoms with Crippen LogP contribution in [0.4, 0.5) is 0 Å². The third-order valence-electron chi connectivity index (χ3n) is 5.69. The van der Waals surface area contributed by atoms with E-state index in [1.807, 2.05) is 68.4 Å². The summed E-state index contributed by atoms with van der Waals surface area (Å²) < 4.78 is 11.2. The molecule has 1 amide bonds. The number of carbonyl (C=O) groups is 1. The van der Waals surface area contributed by atoms with Crippen LogP contribution in [0.1, 0.15) is 31.2 Å². The molecule has 1 aliphatic heterocycles. The van der Waals surface area contributed by atoms with Gasteiger partial charge in [0.15, 0.2) is 0 Å². The second-order valence-electron chi connectivity index (χ2n) is 8.47. The molecule has 0 bridgehead atoms. The topological polar surface area (TPSA) is 80.5 Å². The molecule has 1 aliphatic rings. The van der Waals surface area contributed by atoms with Crippen molar-refractivity contribution in [3.05, 3.63) is 66.1 Å². The highest BCUT2D eigenvalue weighted by molar-refractivity contribution is 5.79. The number of ether oxygens (including phenoxy) is 1. The Morgan fingerprint density at radius 1 is 1.19 bits per heavy atom. The van der Waals surface area contributed by atoms with Crippen LogP contribution in [0.15, 0.2) is 59.1 Å². The van der Waals surface area contributed by atoms with Gasteiger partial charge in [-0.25, -0.2) is 0 Å². The van der Waals surface area contributed by atoms with E-state index < -0.39 is 0 Å². The van der Waals surface area contributed by atoms with Crippen LogP contribution in [-0.4, -0.2) is 46.7 Å². The lowest BCUT2D eigenvalue weighted by atomic mass is 9.95. The quantitative estimate of drug-likeness (QED) is 0.580. The number of hydrogen-bond donors (Lipinski definition) is 1. The van der Waals surface area contributed by atoms with Gasteiger partial charge >= 0.3 is 0 Å². The van der Waals surface area contributed by atoms with Gasteiger partial charge in [-0.3, -0.25) is 9.69 Å². The molecule has 2 heterocycles. The summed E-state index contributed by atoms with van der Waals surface area (Å²) in [6.07, 6.45) is 1.63. The monoisotopic (exact) mass is 434 g/mol. The zero-order valence-corrected chi connectivity index (χ0v) is 18.7. The molecule has 1 atom stereocenters. The third kappa shape index (κ3) is 5.95. The van der Waals surface area contributed by atoms with Crippen molar-refractivity contribution in [2.75, 3.05) is 19.7 Å². The average molecular weight is 435 g/mol. The fraction of sp³-hybridized carbons (Fsp3) is 0.400. The molecule has 2 aromatic carbocycles. The van der Waals surface area contributed by atoms with E-state index in [0.29, 0.717) is 24.9 Å². The zero-order chi connectivity index (χ0) is 22.3. The predicted octanol–water partition coefficient (Wildman–Crippen LogP) is 3.84. The molecule has 0 spiro atoms. The summed E-state index contributed by atoms with van der Waals surface area (Å²) in [6, 6.07) is 17.7. The van der Waals surface area contributed by atoms with Gasteiger partial charge in [0, 0.05) is 11.5 Å². The fourth-order valence-electron chi connectivity index (χ4n) is 3.91. The van der Waals surface area contributed by atoms with E-state index in [0.717, 1.165) is 42.8 Å². The number of aromatic nitrogens is 2. The van der Waals surface area contributed by atoms with E-state index in [9.17, 15) is 4.79 Å². The van der Waals surface area contributed by atoms with Crippen LogP contribution >= 0.6 is 0 Å². The Hall–Kier alpha value is -3.19. The van der Waals surface area contributed by atoms with Crippen LogP contribution in [0, 0.1) is 12.8 Å². The molecule has 1 aromatic heterocycles. The van der Waals surface area contributed by atoms with Crippen molar-refractivity contribution in [3.63, 3.8) is 0 Å². The van der Waals surface area contributed by atoms with Gasteiger partial charge in [0.25, 0.3) is 0 Å². The Labute approximate surface area is 188 Å². The van der Waals surface area contributed by atoms with Crippen LogP contribution in [-0.2, 0) is 11.3 Å². The minimum absolute atomic E-state index is 0.0240. The standard InChI is InChI=1S/C25H30N4O3/c1-18-7-6-8-21(15-18)24-27-23(32-28-24)16-29-13-11-20(12-14-29)25(30)26-19(2)17-31-22-9-4-3-5-10-22/h3-10,15,19-20H,11-14,16-17H2,1-2H3,(H,26,30). The van der Waals surface area contributed by atoms with Crippen molar-refractivity contribution >= 4 is 5.91 Å². The van der Waals surface area contributed by atoms with Gasteiger partial charge < -0.3 is 14.6 Å². The Balaban J connectivity index is 1.20. The number of carbonyl (C=O) groups excluding carboxylic acids is 1. The molecule has 1 fully saturated rings. The van der Waals surface area contributed by atoms with Crippen molar-refractivity contribution in [3.8, 4) is 17.1 Å². The number of aryl methyl sites for hydroxylation is 1. The van der Waals surface area contributed by atoms with Crippen LogP contribution in [0.2, 0.25) is 0 Å². The van der Waals surface area contributed by atoms with Crippen molar-refractivity contribution < 1.29 is 14.1 Å². The van der Waals surface area contributed by atoms with E-state index >= 15 is 0 Å². The van der Waals surface area contributed by atoms with Gasteiger partial charge in [-0.15, -0.1) is 0 Å². The number of likely N-dealkylation sites (tertiary alicyclic amines) is 1. The van der Waals surface area contributed by atoms with Gasteiger partial charge in [0.1, 0.15) is 12.4 Å². The second kappa shape index (κ2) is 10.4. The third-order valence-corrected chi connectivity index (χ3v) is 5.69. The van der Waals surface area contributed by atoms with Crippen molar-refractivity contribution in [1.29, 1.82) is 0 Å². The maximum Gasteiger partial charge on any atom is 0.241 e. The van der Waals surface area contributed by atoms with Crippen LogP contribution in [0.5, 0.6) is 5.75 Å². The highest BCUT2D eigenvalue weighted by atomic mass is 16.5. The summed E-state index contributed by atoms with van der Waals surface area (Å²) in [4.78, 5) is 19.5. The number of rotatable bonds is 8. The predicted molar refractivity (Wildman–Crippen MR) is 122 cm³/mol. The van der Waals surface area contributed by atoms with Crippen LogP contribution < -0.4 is 10.1 Å². The number of piperidine rings is 1. The smallest absolute Gasteiger partial charge is 0.241 e. The summed E-state index contributed by atoms with van der Waals surface area (Å²) in [7, 11) is 0. The van der Waals surface area contributed by atoms with Crippen LogP contribution in [0.25, 0.3) is 11.4 Å². The van der Waals surface area contributed by atoms with Gasteiger partial charge in [0.2, 0.25) is 17.6 Å². The normalized spacial score (nSPS) is 15.9. The molecule has 4 rings (SSSR count). The van der Waals surface area contributed by atoms with Crippen molar-refractivity contribution in [2.45, 2.75) is 39.3 Å². The van der Waals surface area contributed by atoms with Crippen molar-refractivity contribution in [1.82, 2.24) is 20.4 Å². The second-order valence-corrected chi connectivity index (χ2v) is 8.47. The molecule has 32 heavy (non-hydrogen) atoms. The van der Waals surface area contributed by atoms with Gasteiger partial charge in [-0.1, -0.05) is 47.1 Å². The highest BCUT2D eigenvalue weighted by Crippen LogP contribution is 2.21. The SMILES string of the molecule is Cc1cccc(-c2noc(CN3CCC(C(=O)NC(C)COc4ccccc4)CC3)n2)c1. The molecule has 0 radical (unpaired) electrons. The molecular formula is C25H30N4O3. The molecule has 1 N–H and O–H groups in total. The van der Waals surface area contributed by atoms with E-state index in [1.54, 1.807) is 0 Å². The van der Waals surface area contributed by atoms with E-state index in [-0.39, 0.29) is 17.9 Å². The average Bonchev–Trinajstić information content (AvgIpc) is 3.27. The zero-order valence-electron chi connectivity index (χ0n) is 18.7. The summed E-state index contributed by atoms with van der Waals surface area (Å²) >= 11 is 0. The first kappa shape index (κ1) is 22.0. The molecule has 7 nitrogen and oxygen atoms in total. The van der Waals surface area contributed by atoms with Gasteiger partial charge in [-0.05, 0) is 58.0 Å². The van der Waals surface area contributed by atoms with E-state index in [4.69, 9.17) is 9.26 Å². The number of amides is 1. The van der Waals surface area contributed by atoms with Crippen molar-refractivity contribution in [2.24, 2.45) is 5.92 Å². The lowest BCUT2D eigenvalue weighted by Crippen LogP contribution is -2.44. The first-order valence-electron chi connectivity index (χ1n) is 11.2. The van der Waals surface area contributed by atoms with Gasteiger partial charge in [-0.2, -0.15) is 4.98 Å². The van der Waals surface area contributed by atoms with E-state index in [2.05, 4.69) is 20.4 Å². The van der Waals surface area contributed by atoms with E-state index in [1.165, 1.54) is 0 Å². The Morgan fingerprint density at radius 2 is 1.97 bits per heavy atom. The fourth-order valence-corrected chi connectivity index (χ4v) is 3.91. The minimum atomic E-state index is -0.0424. The van der Waals surface area contributed by atoms with Crippen LogP contribution in [0.3, 0.4) is 0 Å². The maximum absolute atomic E-state index is 12.6. The lowest BCUT2D eigenvalue weighted by Gasteiger charge is -2.30. The summed E-state index contributed by atoms with van der Waals surface area (Å²) in [6.45, 7) is 6.73. The molecule has 168 valence electrons. The molecule has 1 saturated heterocycles. The summed E-state index contributed by atoms with van der Waals surface area (Å²) in [5.74, 6) is 2.17. The van der Waals surface area contributed by atoms with Gasteiger partial charge in [0.05, 0.1) is 12.6 Å². The number of nitrogens with zero attached hydrogens (tertiary/aromatic N) is 3. The maximum atomic E-state index is 12.6. The number of nitrogens with one attached hydrogen (secondary N) is 1. The number of para-hydroxylation sites is 1. The highest BCUT2D eigenvalue weighted by Gasteiger charge is 2.26. The molecule has 0 aliphatic carbocycles. The lowest BCUT2D eigenvalue weighted by molar-refractivity contribution is -0.127. The Kier molecular flexibility index (Phi) is 7.17. The summed E-state index contributed by atoms with van der Waals surface area (Å²) in [5, 5.41) is 7.21. The largest absolute Gasteiger partial charge is 0.491 e. The number of hydrogen-bond acceptors (Lipinski definition) is 6. The summed E-state index contributed by atoms with van der Waals surface area (Å²) in [5.41, 5.74) is 2.12. The first-order valence-corrected chi connectivity index (χ1v) is 11.2. The Morgan fingerprint density at radius 3 is 2.72 bits per heavy atom. The minimum Gasteiger partial charge on any atom is -0.491 e. The molecule has 7 heteroatoms. The molecule has 0 saturated carbocycles. The first-order chi connectivity index (χ1) is 15.6.